The van der Waals surface area contributed by atoms with Crippen LogP contribution in [-0.2, 0) is 4.74 Å². The van der Waals surface area contributed by atoms with Crippen molar-refractivity contribution >= 4 is 6.09 Å². The number of amides is 1. The second kappa shape index (κ2) is 7.79. The van der Waals surface area contributed by atoms with Crippen LogP contribution in [0.4, 0.5) is 4.79 Å². The standard InChI is InChI=1S/C22H19N3O2/c26-22(23-13-6-5-7-16-12-14-24-25-16)27-15-21-19-10-3-1-8-17(19)18-9-2-4-11-20(18)21/h1-4,8-12,14,21H,6,13,15H2,(H,23,26)(H,24,25). The molecule has 0 atom stereocenters. The molecule has 2 N–H and O–H groups in total. The predicted molar refractivity (Wildman–Crippen MR) is 103 cm³/mol. The summed E-state index contributed by atoms with van der Waals surface area (Å²) >= 11 is 0. The number of fused-ring (bicyclic) bond motifs is 3. The molecule has 1 aliphatic rings. The Morgan fingerprint density at radius 1 is 1.07 bits per heavy atom. The van der Waals surface area contributed by atoms with E-state index in [0.29, 0.717) is 19.6 Å². The first kappa shape index (κ1) is 16.9. The molecule has 2 aromatic carbocycles. The van der Waals surface area contributed by atoms with Crippen molar-refractivity contribution in [2.24, 2.45) is 0 Å². The first-order chi connectivity index (χ1) is 13.3. The number of hydrogen-bond donors (Lipinski definition) is 2. The molecule has 5 heteroatoms. The topological polar surface area (TPSA) is 67.0 Å². The number of carbonyl (C=O) groups is 1. The molecule has 0 saturated carbocycles. The lowest BCUT2D eigenvalue weighted by molar-refractivity contribution is 0.143. The van der Waals surface area contributed by atoms with Crippen LogP contribution in [0.2, 0.25) is 0 Å². The second-order valence-electron chi connectivity index (χ2n) is 6.27. The number of aromatic nitrogens is 2. The summed E-state index contributed by atoms with van der Waals surface area (Å²) in [6.07, 6.45) is 1.78. The highest BCUT2D eigenvalue weighted by atomic mass is 16.5. The van der Waals surface area contributed by atoms with Gasteiger partial charge in [0.25, 0.3) is 0 Å². The molecular weight excluding hydrogens is 338 g/mol. The van der Waals surface area contributed by atoms with E-state index < -0.39 is 6.09 Å². The van der Waals surface area contributed by atoms with E-state index in [-0.39, 0.29) is 5.92 Å². The molecule has 3 aromatic rings. The number of aromatic amines is 1. The predicted octanol–water partition coefficient (Wildman–Crippen LogP) is 3.69. The van der Waals surface area contributed by atoms with E-state index in [9.17, 15) is 4.79 Å². The van der Waals surface area contributed by atoms with Crippen molar-refractivity contribution in [1.29, 1.82) is 0 Å². The van der Waals surface area contributed by atoms with Crippen molar-refractivity contribution in [2.75, 3.05) is 13.2 Å². The molecule has 1 amide bonds. The van der Waals surface area contributed by atoms with Gasteiger partial charge in [-0.05, 0) is 34.2 Å². The van der Waals surface area contributed by atoms with Crippen LogP contribution < -0.4 is 5.32 Å². The molecule has 0 fully saturated rings. The molecule has 1 heterocycles. The molecule has 0 radical (unpaired) electrons. The van der Waals surface area contributed by atoms with E-state index >= 15 is 0 Å². The summed E-state index contributed by atoms with van der Waals surface area (Å²) < 4.78 is 5.48. The average Bonchev–Trinajstić information content (AvgIpc) is 3.32. The number of alkyl carbamates (subject to hydrolysis) is 1. The fourth-order valence-electron chi connectivity index (χ4n) is 3.36. The van der Waals surface area contributed by atoms with Crippen molar-refractivity contribution in [2.45, 2.75) is 12.3 Å². The van der Waals surface area contributed by atoms with Gasteiger partial charge >= 0.3 is 6.09 Å². The molecule has 27 heavy (non-hydrogen) atoms. The first-order valence-electron chi connectivity index (χ1n) is 8.90. The smallest absolute Gasteiger partial charge is 0.407 e. The molecule has 0 bridgehead atoms. The lowest BCUT2D eigenvalue weighted by Gasteiger charge is -2.14. The number of benzene rings is 2. The van der Waals surface area contributed by atoms with Gasteiger partial charge in [0, 0.05) is 25.1 Å². The summed E-state index contributed by atoms with van der Waals surface area (Å²) in [5.41, 5.74) is 5.61. The number of ether oxygens (including phenoxy) is 1. The van der Waals surface area contributed by atoms with Crippen LogP contribution in [-0.4, -0.2) is 29.4 Å². The third kappa shape index (κ3) is 3.70. The van der Waals surface area contributed by atoms with Gasteiger partial charge < -0.3 is 10.1 Å². The molecule has 5 nitrogen and oxygen atoms in total. The second-order valence-corrected chi connectivity index (χ2v) is 6.27. The summed E-state index contributed by atoms with van der Waals surface area (Å²) in [4.78, 5) is 12.0. The normalized spacial score (nSPS) is 11.9. The third-order valence-electron chi connectivity index (χ3n) is 4.59. The summed E-state index contributed by atoms with van der Waals surface area (Å²) in [6, 6.07) is 18.4. The Bertz CT molecular complexity index is 954. The van der Waals surface area contributed by atoms with Gasteiger partial charge in [-0.2, -0.15) is 5.10 Å². The molecule has 0 saturated heterocycles. The summed E-state index contributed by atoms with van der Waals surface area (Å²) in [5, 5.41) is 9.34. The zero-order valence-corrected chi connectivity index (χ0v) is 14.7. The number of carbonyl (C=O) groups excluding carboxylic acids is 1. The maximum absolute atomic E-state index is 12.0. The van der Waals surface area contributed by atoms with Crippen LogP contribution in [0.3, 0.4) is 0 Å². The molecule has 0 unspecified atom stereocenters. The molecule has 1 aliphatic carbocycles. The molecule has 0 aliphatic heterocycles. The summed E-state index contributed by atoms with van der Waals surface area (Å²) in [6.45, 7) is 0.761. The highest BCUT2D eigenvalue weighted by molar-refractivity contribution is 5.79. The van der Waals surface area contributed by atoms with Crippen LogP contribution >= 0.6 is 0 Å². The van der Waals surface area contributed by atoms with Crippen LogP contribution in [0.15, 0.2) is 60.8 Å². The number of H-pyrrole nitrogens is 1. The van der Waals surface area contributed by atoms with Crippen LogP contribution in [0, 0.1) is 11.8 Å². The number of hydrogen-bond acceptors (Lipinski definition) is 3. The van der Waals surface area contributed by atoms with Crippen LogP contribution in [0.25, 0.3) is 11.1 Å². The maximum Gasteiger partial charge on any atom is 0.407 e. The molecule has 0 spiro atoms. The Labute approximate surface area is 157 Å². The first-order valence-corrected chi connectivity index (χ1v) is 8.90. The Morgan fingerprint density at radius 2 is 1.78 bits per heavy atom. The van der Waals surface area contributed by atoms with Gasteiger partial charge in [-0.3, -0.25) is 5.10 Å². The number of rotatable bonds is 4. The van der Waals surface area contributed by atoms with E-state index in [4.69, 9.17) is 4.74 Å². The third-order valence-corrected chi connectivity index (χ3v) is 4.59. The van der Waals surface area contributed by atoms with E-state index in [2.05, 4.69) is 51.6 Å². The van der Waals surface area contributed by atoms with Crippen LogP contribution in [0.1, 0.15) is 29.2 Å². The lowest BCUT2D eigenvalue weighted by atomic mass is 9.98. The minimum atomic E-state index is -0.416. The Kier molecular flexibility index (Phi) is 4.88. The van der Waals surface area contributed by atoms with E-state index in [1.54, 1.807) is 12.3 Å². The highest BCUT2D eigenvalue weighted by Gasteiger charge is 2.28. The number of nitrogens with zero attached hydrogens (tertiary/aromatic N) is 1. The van der Waals surface area contributed by atoms with Crippen LogP contribution in [0.5, 0.6) is 0 Å². The number of nitrogens with one attached hydrogen (secondary N) is 2. The van der Waals surface area contributed by atoms with Gasteiger partial charge in [-0.25, -0.2) is 4.79 Å². The summed E-state index contributed by atoms with van der Waals surface area (Å²) in [5.74, 6) is 5.98. The molecule has 134 valence electrons. The van der Waals surface area contributed by atoms with E-state index in [1.807, 2.05) is 24.3 Å². The minimum absolute atomic E-state index is 0.0725. The van der Waals surface area contributed by atoms with Crippen molar-refractivity contribution in [3.63, 3.8) is 0 Å². The maximum atomic E-state index is 12.0. The molecule has 1 aromatic heterocycles. The van der Waals surface area contributed by atoms with Crippen molar-refractivity contribution in [1.82, 2.24) is 15.5 Å². The Morgan fingerprint density at radius 3 is 2.44 bits per heavy atom. The fraction of sp³-hybridized carbons (Fsp3) is 0.182. The van der Waals surface area contributed by atoms with Gasteiger partial charge in [0.1, 0.15) is 12.3 Å². The van der Waals surface area contributed by atoms with Gasteiger partial charge in [0.15, 0.2) is 0 Å². The van der Waals surface area contributed by atoms with Crippen molar-refractivity contribution in [3.8, 4) is 23.0 Å². The minimum Gasteiger partial charge on any atom is -0.449 e. The van der Waals surface area contributed by atoms with Gasteiger partial charge in [-0.1, -0.05) is 54.5 Å². The molecule has 4 rings (SSSR count). The van der Waals surface area contributed by atoms with E-state index in [0.717, 1.165) is 5.69 Å². The fourth-order valence-corrected chi connectivity index (χ4v) is 3.36. The molecular formula is C22H19N3O2. The largest absolute Gasteiger partial charge is 0.449 e. The van der Waals surface area contributed by atoms with Crippen molar-refractivity contribution in [3.05, 3.63) is 77.6 Å². The average molecular weight is 357 g/mol. The SMILES string of the molecule is O=C(NCCC#Cc1ccn[nH]1)OCC1c2ccccc2-c2ccccc21. The zero-order chi connectivity index (χ0) is 18.5. The quantitative estimate of drug-likeness (QED) is 0.553. The Hall–Kier alpha value is -3.52. The monoisotopic (exact) mass is 357 g/mol. The lowest BCUT2D eigenvalue weighted by Crippen LogP contribution is -2.26. The van der Waals surface area contributed by atoms with Gasteiger partial charge in [0.2, 0.25) is 0 Å². The van der Waals surface area contributed by atoms with Gasteiger partial charge in [0.05, 0.1) is 0 Å². The van der Waals surface area contributed by atoms with E-state index in [1.165, 1.54) is 22.3 Å². The zero-order valence-electron chi connectivity index (χ0n) is 14.7. The van der Waals surface area contributed by atoms with Crippen molar-refractivity contribution < 1.29 is 9.53 Å². The highest BCUT2D eigenvalue weighted by Crippen LogP contribution is 2.44. The Balaban J connectivity index is 1.31. The van der Waals surface area contributed by atoms with Gasteiger partial charge in [-0.15, -0.1) is 0 Å². The summed E-state index contributed by atoms with van der Waals surface area (Å²) in [7, 11) is 0.